The standard InChI is InChI=1S/C20H19BrN4O4S2/c1-24-10-18(21)17-6-5-16(8-19(17)24)31(27,28)25(20-22-12-23-30-20)9-13-3-4-15(29-2)7-14(13)11-26/h3-8,10,12,26H,9,11H2,1-2H3. The molecule has 0 atom stereocenters. The van der Waals surface area contributed by atoms with Crippen LogP contribution in [0.5, 0.6) is 5.75 Å². The summed E-state index contributed by atoms with van der Waals surface area (Å²) in [7, 11) is -0.570. The van der Waals surface area contributed by atoms with E-state index in [0.29, 0.717) is 16.9 Å². The van der Waals surface area contributed by atoms with E-state index in [-0.39, 0.29) is 23.2 Å². The van der Waals surface area contributed by atoms with Crippen molar-refractivity contribution in [3.8, 4) is 5.75 Å². The molecule has 0 saturated carbocycles. The van der Waals surface area contributed by atoms with E-state index >= 15 is 0 Å². The van der Waals surface area contributed by atoms with Crippen LogP contribution >= 0.6 is 27.5 Å². The van der Waals surface area contributed by atoms with Crippen LogP contribution in [0.25, 0.3) is 10.9 Å². The third-order valence-corrected chi connectivity index (χ3v) is 8.13. The molecule has 1 N–H and O–H groups in total. The zero-order chi connectivity index (χ0) is 22.2. The number of sulfonamides is 1. The molecule has 4 rings (SSSR count). The van der Waals surface area contributed by atoms with Gasteiger partial charge >= 0.3 is 0 Å². The van der Waals surface area contributed by atoms with Crippen LogP contribution in [0, 0.1) is 0 Å². The molecule has 0 saturated heterocycles. The smallest absolute Gasteiger partial charge is 0.266 e. The number of hydrogen-bond acceptors (Lipinski definition) is 7. The van der Waals surface area contributed by atoms with Crippen molar-refractivity contribution in [1.82, 2.24) is 13.9 Å². The number of methoxy groups -OCH3 is 1. The lowest BCUT2D eigenvalue weighted by Gasteiger charge is -2.23. The Kier molecular flexibility index (Phi) is 6.02. The Hall–Kier alpha value is -2.47. The minimum absolute atomic E-state index is 0.00766. The van der Waals surface area contributed by atoms with Crippen LogP contribution in [0.3, 0.4) is 0 Å². The van der Waals surface area contributed by atoms with Crippen LogP contribution in [0.4, 0.5) is 5.13 Å². The molecule has 0 radical (unpaired) electrons. The van der Waals surface area contributed by atoms with Crippen molar-refractivity contribution in [2.75, 3.05) is 11.4 Å². The first-order valence-electron chi connectivity index (χ1n) is 9.16. The van der Waals surface area contributed by atoms with E-state index in [0.717, 1.165) is 26.9 Å². The first kappa shape index (κ1) is 21.8. The number of ether oxygens (including phenoxy) is 1. The van der Waals surface area contributed by atoms with E-state index in [1.54, 1.807) is 36.4 Å². The number of fused-ring (bicyclic) bond motifs is 1. The molecule has 31 heavy (non-hydrogen) atoms. The van der Waals surface area contributed by atoms with Gasteiger partial charge < -0.3 is 14.4 Å². The predicted molar refractivity (Wildman–Crippen MR) is 123 cm³/mol. The average Bonchev–Trinajstić information content (AvgIpc) is 3.40. The third kappa shape index (κ3) is 4.05. The van der Waals surface area contributed by atoms with Crippen LogP contribution in [0.15, 0.2) is 58.3 Å². The maximum atomic E-state index is 13.7. The highest BCUT2D eigenvalue weighted by molar-refractivity contribution is 9.10. The Morgan fingerprint density at radius 2 is 2.03 bits per heavy atom. The molecule has 2 heterocycles. The number of benzene rings is 2. The van der Waals surface area contributed by atoms with Gasteiger partial charge in [0.05, 0.1) is 30.7 Å². The fraction of sp³-hybridized carbons (Fsp3) is 0.200. The molecule has 0 bridgehead atoms. The van der Waals surface area contributed by atoms with E-state index < -0.39 is 10.0 Å². The summed E-state index contributed by atoms with van der Waals surface area (Å²) in [5.74, 6) is 0.581. The SMILES string of the molecule is COc1ccc(CN(c2ncns2)S(=O)(=O)c2ccc3c(Br)cn(C)c3c2)c(CO)c1. The van der Waals surface area contributed by atoms with Crippen LogP contribution in [0.2, 0.25) is 0 Å². The van der Waals surface area contributed by atoms with E-state index in [4.69, 9.17) is 4.74 Å². The molecular formula is C20H19BrN4O4S2. The summed E-state index contributed by atoms with van der Waals surface area (Å²) in [4.78, 5) is 4.27. The number of nitrogens with zero attached hydrogens (tertiary/aromatic N) is 4. The van der Waals surface area contributed by atoms with Crippen molar-refractivity contribution < 1.29 is 18.3 Å². The largest absolute Gasteiger partial charge is 0.497 e. The van der Waals surface area contributed by atoms with Gasteiger partial charge in [-0.25, -0.2) is 17.7 Å². The molecule has 4 aromatic rings. The molecule has 0 fully saturated rings. The number of aromatic nitrogens is 3. The van der Waals surface area contributed by atoms with Crippen molar-refractivity contribution >= 4 is 53.5 Å². The van der Waals surface area contributed by atoms with Gasteiger partial charge in [-0.1, -0.05) is 12.1 Å². The Morgan fingerprint density at radius 1 is 1.23 bits per heavy atom. The van der Waals surface area contributed by atoms with E-state index in [9.17, 15) is 13.5 Å². The van der Waals surface area contributed by atoms with Crippen molar-refractivity contribution in [2.24, 2.45) is 7.05 Å². The van der Waals surface area contributed by atoms with E-state index in [1.165, 1.54) is 17.7 Å². The highest BCUT2D eigenvalue weighted by atomic mass is 79.9. The van der Waals surface area contributed by atoms with Crippen molar-refractivity contribution in [1.29, 1.82) is 0 Å². The lowest BCUT2D eigenvalue weighted by Crippen LogP contribution is -2.31. The maximum Gasteiger partial charge on any atom is 0.266 e. The van der Waals surface area contributed by atoms with Gasteiger partial charge in [0.2, 0.25) is 5.13 Å². The Morgan fingerprint density at radius 3 is 2.71 bits per heavy atom. The molecule has 2 aromatic carbocycles. The van der Waals surface area contributed by atoms with Crippen LogP contribution in [-0.4, -0.2) is 34.6 Å². The molecule has 0 unspecified atom stereocenters. The number of rotatable bonds is 7. The number of aryl methyl sites for hydroxylation is 1. The lowest BCUT2D eigenvalue weighted by atomic mass is 10.1. The van der Waals surface area contributed by atoms with E-state index in [2.05, 4.69) is 25.3 Å². The van der Waals surface area contributed by atoms with Gasteiger partial charge in [0.1, 0.15) is 12.1 Å². The molecule has 8 nitrogen and oxygen atoms in total. The quantitative estimate of drug-likeness (QED) is 0.397. The first-order valence-corrected chi connectivity index (χ1v) is 12.2. The molecule has 0 spiro atoms. The zero-order valence-electron chi connectivity index (χ0n) is 16.7. The first-order chi connectivity index (χ1) is 14.8. The van der Waals surface area contributed by atoms with Gasteiger partial charge in [-0.05, 0) is 51.3 Å². The van der Waals surface area contributed by atoms with Crippen molar-refractivity contribution in [2.45, 2.75) is 18.0 Å². The molecule has 0 amide bonds. The Balaban J connectivity index is 1.81. The summed E-state index contributed by atoms with van der Waals surface area (Å²) >= 11 is 4.48. The average molecular weight is 523 g/mol. The second-order valence-electron chi connectivity index (χ2n) is 6.80. The van der Waals surface area contributed by atoms with Crippen LogP contribution in [0.1, 0.15) is 11.1 Å². The molecule has 11 heteroatoms. The van der Waals surface area contributed by atoms with Gasteiger partial charge in [-0.2, -0.15) is 4.37 Å². The number of halogens is 1. The highest BCUT2D eigenvalue weighted by Gasteiger charge is 2.29. The fourth-order valence-electron chi connectivity index (χ4n) is 3.32. The maximum absolute atomic E-state index is 13.7. The molecule has 0 aliphatic rings. The normalized spacial score (nSPS) is 11.7. The molecule has 2 aromatic heterocycles. The lowest BCUT2D eigenvalue weighted by molar-refractivity contribution is 0.279. The second kappa shape index (κ2) is 8.58. The van der Waals surface area contributed by atoms with Gasteiger partial charge in [0.15, 0.2) is 0 Å². The highest BCUT2D eigenvalue weighted by Crippen LogP contribution is 2.32. The second-order valence-corrected chi connectivity index (χ2v) is 10.3. The summed E-state index contributed by atoms with van der Waals surface area (Å²) in [6.07, 6.45) is 3.20. The molecule has 0 aliphatic heterocycles. The minimum atomic E-state index is -3.96. The number of anilines is 1. The van der Waals surface area contributed by atoms with Gasteiger partial charge in [-0.15, -0.1) is 0 Å². The Labute approximate surface area is 192 Å². The number of aliphatic hydroxyl groups excluding tert-OH is 1. The minimum Gasteiger partial charge on any atom is -0.497 e. The summed E-state index contributed by atoms with van der Waals surface area (Å²) in [6, 6.07) is 10.2. The van der Waals surface area contributed by atoms with Gasteiger partial charge in [0.25, 0.3) is 10.0 Å². The zero-order valence-corrected chi connectivity index (χ0v) is 19.9. The van der Waals surface area contributed by atoms with Gasteiger partial charge in [0, 0.05) is 34.6 Å². The third-order valence-electron chi connectivity index (χ3n) is 4.96. The van der Waals surface area contributed by atoms with Gasteiger partial charge in [-0.3, -0.25) is 0 Å². The summed E-state index contributed by atoms with van der Waals surface area (Å²) in [6.45, 7) is -0.258. The van der Waals surface area contributed by atoms with Crippen molar-refractivity contribution in [3.05, 3.63) is 64.5 Å². The van der Waals surface area contributed by atoms with Crippen molar-refractivity contribution in [3.63, 3.8) is 0 Å². The Bertz CT molecular complexity index is 1340. The monoisotopic (exact) mass is 522 g/mol. The number of aliphatic hydroxyl groups is 1. The van der Waals surface area contributed by atoms with Crippen LogP contribution in [-0.2, 0) is 30.2 Å². The molecular weight excluding hydrogens is 504 g/mol. The predicted octanol–water partition coefficient (Wildman–Crippen LogP) is 3.69. The summed E-state index contributed by atoms with van der Waals surface area (Å²) < 4.78 is 40.5. The van der Waals surface area contributed by atoms with Crippen LogP contribution < -0.4 is 9.04 Å². The molecule has 162 valence electrons. The number of hydrogen-bond donors (Lipinski definition) is 1. The van der Waals surface area contributed by atoms with E-state index in [1.807, 2.05) is 17.8 Å². The fourth-order valence-corrected chi connectivity index (χ4v) is 6.11. The summed E-state index contributed by atoms with van der Waals surface area (Å²) in [5.41, 5.74) is 2.00. The topological polar surface area (TPSA) is 97.5 Å². The molecule has 0 aliphatic carbocycles. The summed E-state index contributed by atoms with van der Waals surface area (Å²) in [5, 5.41) is 11.0.